The monoisotopic (exact) mass is 383 g/mol. The van der Waals surface area contributed by atoms with E-state index >= 15 is 0 Å². The van der Waals surface area contributed by atoms with Crippen molar-refractivity contribution in [2.45, 2.75) is 50.3 Å². The molecule has 1 amide bonds. The fourth-order valence-corrected chi connectivity index (χ4v) is 3.10. The SMILES string of the molecule is CCOC(=O)C[C@H]1[C@H](O)[C@@H](O)[C@H](O)[C@H](CO)N1C(=O)OCc1ccccc1. The molecule has 0 aromatic heterocycles. The first kappa shape index (κ1) is 21.1. The third-order valence-corrected chi connectivity index (χ3v) is 4.49. The van der Waals surface area contributed by atoms with Crippen LogP contribution in [0.1, 0.15) is 18.9 Å². The third kappa shape index (κ3) is 4.95. The fourth-order valence-electron chi connectivity index (χ4n) is 3.10. The van der Waals surface area contributed by atoms with Crippen molar-refractivity contribution in [2.75, 3.05) is 13.2 Å². The summed E-state index contributed by atoms with van der Waals surface area (Å²) in [6.07, 6.45) is -6.21. The molecule has 0 radical (unpaired) electrons. The molecule has 1 aliphatic heterocycles. The molecular formula is C18H25NO8. The van der Waals surface area contributed by atoms with Crippen molar-refractivity contribution in [1.29, 1.82) is 0 Å². The fraction of sp³-hybridized carbons (Fsp3) is 0.556. The van der Waals surface area contributed by atoms with Crippen molar-refractivity contribution >= 4 is 12.1 Å². The Labute approximate surface area is 156 Å². The number of ether oxygens (including phenoxy) is 2. The molecule has 0 saturated carbocycles. The summed E-state index contributed by atoms with van der Waals surface area (Å²) in [7, 11) is 0. The Morgan fingerprint density at radius 3 is 2.22 bits per heavy atom. The number of aliphatic hydroxyl groups is 4. The minimum Gasteiger partial charge on any atom is -0.466 e. The van der Waals surface area contributed by atoms with Gasteiger partial charge in [-0.2, -0.15) is 0 Å². The molecule has 0 bridgehead atoms. The first-order chi connectivity index (χ1) is 12.9. The smallest absolute Gasteiger partial charge is 0.410 e. The number of benzene rings is 1. The van der Waals surface area contributed by atoms with Crippen molar-refractivity contribution in [2.24, 2.45) is 0 Å². The highest BCUT2D eigenvalue weighted by atomic mass is 16.6. The number of hydrogen-bond donors (Lipinski definition) is 4. The van der Waals surface area contributed by atoms with Crippen molar-refractivity contribution in [3.05, 3.63) is 35.9 Å². The van der Waals surface area contributed by atoms with Crippen LogP contribution < -0.4 is 0 Å². The molecule has 27 heavy (non-hydrogen) atoms. The average molecular weight is 383 g/mol. The highest BCUT2D eigenvalue weighted by Gasteiger charge is 2.50. The van der Waals surface area contributed by atoms with Crippen molar-refractivity contribution in [3.8, 4) is 0 Å². The van der Waals surface area contributed by atoms with Crippen LogP contribution in [0.15, 0.2) is 30.3 Å². The summed E-state index contributed by atoms with van der Waals surface area (Å²) in [6.45, 7) is 0.949. The molecular weight excluding hydrogens is 358 g/mol. The second-order valence-electron chi connectivity index (χ2n) is 6.25. The standard InChI is InChI=1S/C18H25NO8/c1-2-26-14(21)8-12-15(22)17(24)16(23)13(9-20)19(12)18(25)27-10-11-6-4-3-5-7-11/h3-7,12-13,15-17,20,22-24H,2,8-10H2,1H3/t12-,13-,15-,16+,17+/m0/s1. The van der Waals surface area contributed by atoms with Gasteiger partial charge >= 0.3 is 12.1 Å². The van der Waals surface area contributed by atoms with Gasteiger partial charge in [0.05, 0.1) is 31.7 Å². The van der Waals surface area contributed by atoms with Gasteiger partial charge in [-0.1, -0.05) is 30.3 Å². The summed E-state index contributed by atoms with van der Waals surface area (Å²) in [6, 6.07) is 6.38. The number of likely N-dealkylation sites (tertiary alicyclic amines) is 1. The number of nitrogens with zero attached hydrogens (tertiary/aromatic N) is 1. The van der Waals surface area contributed by atoms with E-state index in [0.717, 1.165) is 4.90 Å². The molecule has 1 saturated heterocycles. The second kappa shape index (κ2) is 9.65. The van der Waals surface area contributed by atoms with Gasteiger partial charge in [-0.25, -0.2) is 4.79 Å². The Bertz CT molecular complexity index is 625. The molecule has 1 heterocycles. The van der Waals surface area contributed by atoms with E-state index in [1.807, 2.05) is 0 Å². The van der Waals surface area contributed by atoms with E-state index in [4.69, 9.17) is 9.47 Å². The van der Waals surface area contributed by atoms with Gasteiger partial charge in [-0.15, -0.1) is 0 Å². The summed E-state index contributed by atoms with van der Waals surface area (Å²) >= 11 is 0. The lowest BCUT2D eigenvalue weighted by atomic mass is 9.87. The van der Waals surface area contributed by atoms with Crippen LogP contribution in [0, 0.1) is 0 Å². The van der Waals surface area contributed by atoms with Gasteiger partial charge in [0.2, 0.25) is 0 Å². The number of amides is 1. The van der Waals surface area contributed by atoms with Crippen LogP contribution in [0.5, 0.6) is 0 Å². The van der Waals surface area contributed by atoms with Gasteiger partial charge in [0.1, 0.15) is 24.9 Å². The molecule has 1 aromatic carbocycles. The molecule has 0 spiro atoms. The number of hydrogen-bond acceptors (Lipinski definition) is 8. The third-order valence-electron chi connectivity index (χ3n) is 4.49. The Morgan fingerprint density at radius 2 is 1.63 bits per heavy atom. The average Bonchev–Trinajstić information content (AvgIpc) is 2.67. The normalized spacial score (nSPS) is 27.9. The minimum atomic E-state index is -1.64. The topological polar surface area (TPSA) is 137 Å². The van der Waals surface area contributed by atoms with E-state index in [2.05, 4.69) is 0 Å². The predicted molar refractivity (Wildman–Crippen MR) is 92.4 cm³/mol. The Morgan fingerprint density at radius 1 is 1.00 bits per heavy atom. The number of carbonyl (C=O) groups is 2. The number of piperidine rings is 1. The lowest BCUT2D eigenvalue weighted by Gasteiger charge is -2.47. The number of rotatable bonds is 6. The molecule has 4 N–H and O–H groups in total. The highest BCUT2D eigenvalue weighted by Crippen LogP contribution is 2.28. The molecule has 1 fully saturated rings. The maximum atomic E-state index is 12.6. The molecule has 2 rings (SSSR count). The zero-order chi connectivity index (χ0) is 20.0. The predicted octanol–water partition coefficient (Wildman–Crippen LogP) is -0.596. The molecule has 150 valence electrons. The Hall–Kier alpha value is -2.20. The molecule has 1 aliphatic rings. The van der Waals surface area contributed by atoms with Crippen LogP contribution in [0.4, 0.5) is 4.79 Å². The first-order valence-electron chi connectivity index (χ1n) is 8.70. The molecule has 1 aromatic rings. The molecule has 9 nitrogen and oxygen atoms in total. The molecule has 0 aliphatic carbocycles. The number of carbonyl (C=O) groups excluding carboxylic acids is 2. The van der Waals surface area contributed by atoms with Gasteiger partial charge in [-0.05, 0) is 12.5 Å². The van der Waals surface area contributed by atoms with Crippen LogP contribution in [0.25, 0.3) is 0 Å². The summed E-state index contributed by atoms with van der Waals surface area (Å²) in [4.78, 5) is 25.4. The van der Waals surface area contributed by atoms with Crippen LogP contribution in [-0.4, -0.2) is 81.0 Å². The molecule has 5 atom stereocenters. The lowest BCUT2D eigenvalue weighted by molar-refractivity contribution is -0.172. The van der Waals surface area contributed by atoms with E-state index in [-0.39, 0.29) is 13.2 Å². The zero-order valence-electron chi connectivity index (χ0n) is 15.0. The lowest BCUT2D eigenvalue weighted by Crippen LogP contribution is -2.69. The second-order valence-corrected chi connectivity index (χ2v) is 6.25. The maximum Gasteiger partial charge on any atom is 0.410 e. The number of esters is 1. The zero-order valence-corrected chi connectivity index (χ0v) is 15.0. The van der Waals surface area contributed by atoms with E-state index in [0.29, 0.717) is 5.56 Å². The van der Waals surface area contributed by atoms with E-state index in [1.165, 1.54) is 0 Å². The van der Waals surface area contributed by atoms with E-state index in [1.54, 1.807) is 37.3 Å². The number of aliphatic hydroxyl groups excluding tert-OH is 4. The summed E-state index contributed by atoms with van der Waals surface area (Å²) < 4.78 is 10.1. The van der Waals surface area contributed by atoms with Gasteiger partial charge in [0.15, 0.2) is 0 Å². The summed E-state index contributed by atoms with van der Waals surface area (Å²) in [5, 5.41) is 40.1. The van der Waals surface area contributed by atoms with Crippen LogP contribution >= 0.6 is 0 Å². The van der Waals surface area contributed by atoms with Crippen molar-refractivity contribution in [1.82, 2.24) is 4.90 Å². The van der Waals surface area contributed by atoms with Crippen LogP contribution in [0.3, 0.4) is 0 Å². The summed E-state index contributed by atoms with van der Waals surface area (Å²) in [5.41, 5.74) is 0.714. The van der Waals surface area contributed by atoms with Gasteiger partial charge < -0.3 is 29.9 Å². The van der Waals surface area contributed by atoms with Gasteiger partial charge in [0.25, 0.3) is 0 Å². The molecule has 0 unspecified atom stereocenters. The first-order valence-corrected chi connectivity index (χ1v) is 8.70. The van der Waals surface area contributed by atoms with Crippen molar-refractivity contribution < 1.29 is 39.5 Å². The summed E-state index contributed by atoms with van der Waals surface area (Å²) in [5.74, 6) is -0.692. The minimum absolute atomic E-state index is 0.0742. The largest absolute Gasteiger partial charge is 0.466 e. The van der Waals surface area contributed by atoms with E-state index in [9.17, 15) is 30.0 Å². The quantitative estimate of drug-likeness (QED) is 0.478. The Balaban J connectivity index is 2.20. The maximum absolute atomic E-state index is 12.6. The van der Waals surface area contributed by atoms with Crippen LogP contribution in [0.2, 0.25) is 0 Å². The van der Waals surface area contributed by atoms with Crippen LogP contribution in [-0.2, 0) is 20.9 Å². The van der Waals surface area contributed by atoms with Gasteiger partial charge in [0, 0.05) is 0 Å². The molecule has 9 heteroatoms. The highest BCUT2D eigenvalue weighted by molar-refractivity contribution is 5.73. The van der Waals surface area contributed by atoms with Crippen molar-refractivity contribution in [3.63, 3.8) is 0 Å². The van der Waals surface area contributed by atoms with E-state index < -0.39 is 55.5 Å². The Kier molecular flexibility index (Phi) is 7.55. The van der Waals surface area contributed by atoms with Gasteiger partial charge in [-0.3, -0.25) is 9.69 Å².